The lowest BCUT2D eigenvalue weighted by atomic mass is 9.92. The van der Waals surface area contributed by atoms with Crippen molar-refractivity contribution in [2.75, 3.05) is 5.32 Å². The highest BCUT2D eigenvalue weighted by atomic mass is 19.1. The number of hydrogen-bond acceptors (Lipinski definition) is 4. The average molecular weight is 299 g/mol. The third-order valence-corrected chi connectivity index (χ3v) is 4.40. The van der Waals surface area contributed by atoms with Crippen LogP contribution in [0.4, 0.5) is 10.2 Å². The molecule has 3 aromatic rings. The molecule has 1 aliphatic carbocycles. The number of hydrogen-bond donors (Lipinski definition) is 2. The van der Waals surface area contributed by atoms with Crippen LogP contribution >= 0.6 is 0 Å². The Kier molecular flexibility index (Phi) is 3.18. The van der Waals surface area contributed by atoms with E-state index in [0.717, 1.165) is 42.4 Å². The summed E-state index contributed by atoms with van der Waals surface area (Å²) in [6.07, 6.45) is 5.91. The van der Waals surface area contributed by atoms with Gasteiger partial charge in [-0.15, -0.1) is 0 Å². The van der Waals surface area contributed by atoms with Crippen molar-refractivity contribution < 1.29 is 4.39 Å². The molecule has 0 saturated heterocycles. The Morgan fingerprint density at radius 3 is 2.82 bits per heavy atom. The summed E-state index contributed by atoms with van der Waals surface area (Å²) in [7, 11) is 0. The molecule has 2 aromatic heterocycles. The maximum atomic E-state index is 13.3. The minimum atomic E-state index is -0.277. The summed E-state index contributed by atoms with van der Waals surface area (Å²) in [6.45, 7) is 0. The van der Waals surface area contributed by atoms with Gasteiger partial charge in [-0.3, -0.25) is 0 Å². The smallest absolute Gasteiger partial charge is 0.130 e. The highest BCUT2D eigenvalue weighted by Crippen LogP contribution is 2.24. The molecule has 1 fully saturated rings. The molecule has 3 N–H and O–H groups in total. The van der Waals surface area contributed by atoms with Gasteiger partial charge in [0.1, 0.15) is 18.0 Å². The molecular weight excluding hydrogens is 281 g/mol. The summed E-state index contributed by atoms with van der Waals surface area (Å²) in [5.41, 5.74) is 7.51. The number of aromatic nitrogens is 3. The van der Waals surface area contributed by atoms with Gasteiger partial charge in [0.15, 0.2) is 0 Å². The Morgan fingerprint density at radius 1 is 1.18 bits per heavy atom. The minimum Gasteiger partial charge on any atom is -0.367 e. The van der Waals surface area contributed by atoms with Crippen LogP contribution in [0.1, 0.15) is 25.7 Å². The quantitative estimate of drug-likeness (QED) is 0.763. The van der Waals surface area contributed by atoms with Crippen LogP contribution in [0.5, 0.6) is 0 Å². The van der Waals surface area contributed by atoms with Crippen LogP contribution in [-0.4, -0.2) is 26.7 Å². The van der Waals surface area contributed by atoms with Crippen molar-refractivity contribution >= 4 is 22.2 Å². The number of nitrogens with zero attached hydrogens (tertiary/aromatic N) is 3. The summed E-state index contributed by atoms with van der Waals surface area (Å²) in [4.78, 5) is 4.40. The van der Waals surface area contributed by atoms with Gasteiger partial charge in [0, 0.05) is 29.6 Å². The van der Waals surface area contributed by atoms with Crippen LogP contribution in [-0.2, 0) is 0 Å². The van der Waals surface area contributed by atoms with Gasteiger partial charge >= 0.3 is 0 Å². The van der Waals surface area contributed by atoms with E-state index in [1.807, 2.05) is 6.07 Å². The predicted octanol–water partition coefficient (Wildman–Crippen LogP) is 2.70. The summed E-state index contributed by atoms with van der Waals surface area (Å²) in [5.74, 6) is 0.555. The van der Waals surface area contributed by atoms with E-state index in [1.54, 1.807) is 16.9 Å². The highest BCUT2D eigenvalue weighted by Gasteiger charge is 2.18. The van der Waals surface area contributed by atoms with Crippen LogP contribution in [0.15, 0.2) is 30.6 Å². The fraction of sp³-hybridized carbons (Fsp3) is 0.375. The number of anilines is 1. The topological polar surface area (TPSA) is 68.2 Å². The first-order valence-corrected chi connectivity index (χ1v) is 7.65. The van der Waals surface area contributed by atoms with Crippen molar-refractivity contribution in [2.45, 2.75) is 37.8 Å². The van der Waals surface area contributed by atoms with Crippen molar-refractivity contribution in [3.63, 3.8) is 0 Å². The first-order valence-electron chi connectivity index (χ1n) is 7.65. The molecule has 1 saturated carbocycles. The zero-order valence-corrected chi connectivity index (χ0v) is 12.2. The molecule has 1 aromatic carbocycles. The Balaban J connectivity index is 1.66. The van der Waals surface area contributed by atoms with Crippen molar-refractivity contribution in [1.29, 1.82) is 0 Å². The molecule has 6 heteroatoms. The molecule has 22 heavy (non-hydrogen) atoms. The number of halogens is 1. The molecule has 0 radical (unpaired) electrons. The van der Waals surface area contributed by atoms with E-state index < -0.39 is 0 Å². The third-order valence-electron chi connectivity index (χ3n) is 4.40. The summed E-state index contributed by atoms with van der Waals surface area (Å²) in [6, 6.07) is 7.39. The monoisotopic (exact) mass is 299 g/mol. The van der Waals surface area contributed by atoms with E-state index in [4.69, 9.17) is 5.73 Å². The molecule has 114 valence electrons. The molecule has 0 aliphatic heterocycles. The molecule has 2 heterocycles. The van der Waals surface area contributed by atoms with Crippen LogP contribution < -0.4 is 11.1 Å². The maximum Gasteiger partial charge on any atom is 0.130 e. The fourth-order valence-electron chi connectivity index (χ4n) is 3.16. The second-order valence-electron chi connectivity index (χ2n) is 6.02. The van der Waals surface area contributed by atoms with Crippen LogP contribution in [0, 0.1) is 5.82 Å². The fourth-order valence-corrected chi connectivity index (χ4v) is 3.16. The summed E-state index contributed by atoms with van der Waals surface area (Å²) < 4.78 is 15.0. The first kappa shape index (κ1) is 13.5. The van der Waals surface area contributed by atoms with Crippen LogP contribution in [0.3, 0.4) is 0 Å². The number of nitrogens with two attached hydrogens (primary N) is 1. The molecule has 4 rings (SSSR count). The Bertz CT molecular complexity index is 820. The number of benzene rings is 1. The predicted molar refractivity (Wildman–Crippen MR) is 84.3 cm³/mol. The molecule has 5 nitrogen and oxygen atoms in total. The first-order chi connectivity index (χ1) is 10.7. The highest BCUT2D eigenvalue weighted by molar-refractivity contribution is 5.94. The average Bonchev–Trinajstić information content (AvgIpc) is 2.86. The largest absolute Gasteiger partial charge is 0.367 e. The van der Waals surface area contributed by atoms with E-state index in [0.29, 0.717) is 17.6 Å². The van der Waals surface area contributed by atoms with Crippen LogP contribution in [0.2, 0.25) is 0 Å². The molecule has 1 aliphatic rings. The molecule has 0 atom stereocenters. The van der Waals surface area contributed by atoms with Gasteiger partial charge in [0.2, 0.25) is 0 Å². The Hall–Kier alpha value is -2.21. The van der Waals surface area contributed by atoms with Gasteiger partial charge in [-0.05, 0) is 37.8 Å². The van der Waals surface area contributed by atoms with Crippen molar-refractivity contribution in [3.8, 4) is 0 Å². The van der Waals surface area contributed by atoms with Crippen LogP contribution in [0.25, 0.3) is 16.4 Å². The van der Waals surface area contributed by atoms with E-state index >= 15 is 0 Å². The lowest BCUT2D eigenvalue weighted by molar-refractivity contribution is 0.410. The second-order valence-corrected chi connectivity index (χ2v) is 6.02. The molecular formula is C16H18FN5. The number of nitrogens with one attached hydrogen (secondary N) is 1. The Morgan fingerprint density at radius 2 is 2.00 bits per heavy atom. The van der Waals surface area contributed by atoms with Gasteiger partial charge in [-0.2, -0.15) is 5.10 Å². The van der Waals surface area contributed by atoms with Crippen molar-refractivity contribution in [1.82, 2.24) is 14.6 Å². The van der Waals surface area contributed by atoms with E-state index in [1.165, 1.54) is 12.1 Å². The zero-order chi connectivity index (χ0) is 15.1. The van der Waals surface area contributed by atoms with E-state index in [-0.39, 0.29) is 5.82 Å². The van der Waals surface area contributed by atoms with Gasteiger partial charge in [-0.25, -0.2) is 13.9 Å². The second kappa shape index (κ2) is 5.21. The lowest BCUT2D eigenvalue weighted by Gasteiger charge is -2.27. The maximum absolute atomic E-state index is 13.3. The minimum absolute atomic E-state index is 0.277. The molecule has 0 spiro atoms. The van der Waals surface area contributed by atoms with Gasteiger partial charge in [0.25, 0.3) is 0 Å². The third kappa shape index (κ3) is 2.39. The Labute approximate surface area is 127 Å². The van der Waals surface area contributed by atoms with Gasteiger partial charge in [0.05, 0.1) is 11.0 Å². The SMILES string of the molecule is N[C@H]1CC[C@H](Nc2cc3c4ccc(F)cc4nn3cn2)CC1. The normalized spacial score (nSPS) is 22.3. The summed E-state index contributed by atoms with van der Waals surface area (Å²) in [5, 5.41) is 8.75. The number of rotatable bonds is 2. The van der Waals surface area contributed by atoms with Crippen molar-refractivity contribution in [2.24, 2.45) is 5.73 Å². The van der Waals surface area contributed by atoms with Gasteiger partial charge < -0.3 is 11.1 Å². The van der Waals surface area contributed by atoms with Gasteiger partial charge in [-0.1, -0.05) is 0 Å². The number of fused-ring (bicyclic) bond motifs is 3. The standard InChI is InChI=1S/C16H18FN5/c17-10-1-6-13-14(7-10)21-22-9-19-16(8-15(13)22)20-12-4-2-11(18)3-5-12/h1,6-9,11-12,20H,2-5,18H2/t11-,12-. The zero-order valence-electron chi connectivity index (χ0n) is 12.2. The lowest BCUT2D eigenvalue weighted by Crippen LogP contribution is -2.33. The van der Waals surface area contributed by atoms with Crippen molar-refractivity contribution in [3.05, 3.63) is 36.4 Å². The van der Waals surface area contributed by atoms with E-state index in [2.05, 4.69) is 15.4 Å². The van der Waals surface area contributed by atoms with E-state index in [9.17, 15) is 4.39 Å². The molecule has 0 bridgehead atoms. The molecule has 0 unspecified atom stereocenters. The summed E-state index contributed by atoms with van der Waals surface area (Å²) >= 11 is 0. The molecule has 0 amide bonds.